The molecule has 0 aromatic heterocycles. The molecule has 0 aliphatic heterocycles. The number of nitrogens with one attached hydrogen (secondary N) is 3. The highest BCUT2D eigenvalue weighted by atomic mass is 32.2. The van der Waals surface area contributed by atoms with Gasteiger partial charge in [-0.25, -0.2) is 4.79 Å². The number of carbonyl (C=O) groups excluding carboxylic acids is 3. The average Bonchev–Trinajstić information content (AvgIpc) is 2.86. The molecule has 0 radical (unpaired) electrons. The van der Waals surface area contributed by atoms with Gasteiger partial charge in [0, 0.05) is 32.6 Å². The van der Waals surface area contributed by atoms with Crippen LogP contribution in [0.5, 0.6) is 0 Å². The second-order valence-electron chi connectivity index (χ2n) is 9.15. The lowest BCUT2D eigenvalue weighted by Gasteiger charge is -2.23. The van der Waals surface area contributed by atoms with Crippen LogP contribution in [0.25, 0.3) is 0 Å². The Morgan fingerprint density at radius 1 is 0.778 bits per heavy atom. The van der Waals surface area contributed by atoms with Gasteiger partial charge in [-0.1, -0.05) is 25.7 Å². The molecule has 0 heterocycles. The van der Waals surface area contributed by atoms with Crippen LogP contribution in [-0.4, -0.2) is 97.1 Å². The van der Waals surface area contributed by atoms with Crippen molar-refractivity contribution in [2.24, 2.45) is 0 Å². The first kappa shape index (κ1) is 35.0. The lowest BCUT2D eigenvalue weighted by molar-refractivity contribution is -0.131. The second kappa shape index (κ2) is 25.7. The molecule has 0 spiro atoms. The summed E-state index contributed by atoms with van der Waals surface area (Å²) in [6.45, 7) is 4.49. The topological polar surface area (TPSA) is 111 Å². The molecule has 1 atom stereocenters. The Morgan fingerprint density at radius 2 is 1.36 bits per heavy atom. The highest BCUT2D eigenvalue weighted by Gasteiger charge is 2.15. The summed E-state index contributed by atoms with van der Waals surface area (Å²) in [6, 6.07) is -1.33. The van der Waals surface area contributed by atoms with Crippen LogP contribution in [0.15, 0.2) is 0 Å². The van der Waals surface area contributed by atoms with E-state index in [4.69, 9.17) is 5.11 Å². The Hall–Kier alpha value is -0.970. The fourth-order valence-corrected chi connectivity index (χ4v) is 4.71. The number of unbranched alkanes of at least 4 members (excludes halogenated alkanes) is 7. The molecule has 0 unspecified atom stereocenters. The molecule has 0 saturated carbocycles. The molecular formula is C26H52N4O4S2. The summed E-state index contributed by atoms with van der Waals surface area (Å²) in [5.74, 6) is 2.45. The molecule has 0 bridgehead atoms. The Morgan fingerprint density at radius 3 is 1.89 bits per heavy atom. The number of aliphatic hydroxyl groups excluding tert-OH is 1. The quantitative estimate of drug-likeness (QED) is 0.129. The fraction of sp³-hybridized carbons (Fsp3) is 0.885. The maximum absolute atomic E-state index is 12.8. The summed E-state index contributed by atoms with van der Waals surface area (Å²) in [6.07, 6.45) is 16.3. The number of rotatable bonds is 25. The summed E-state index contributed by atoms with van der Waals surface area (Å²) >= 11 is 3.80. The van der Waals surface area contributed by atoms with Crippen molar-refractivity contribution in [1.29, 1.82) is 0 Å². The lowest BCUT2D eigenvalue weighted by atomic mass is 10.1. The van der Waals surface area contributed by atoms with Gasteiger partial charge in [0.05, 0.1) is 6.61 Å². The van der Waals surface area contributed by atoms with Crippen molar-refractivity contribution in [3.8, 4) is 0 Å². The van der Waals surface area contributed by atoms with Crippen molar-refractivity contribution in [1.82, 2.24) is 20.9 Å². The number of thioether (sulfide) groups is 2. The van der Waals surface area contributed by atoms with Gasteiger partial charge in [0.2, 0.25) is 5.91 Å². The average molecular weight is 549 g/mol. The monoisotopic (exact) mass is 548 g/mol. The molecule has 0 aliphatic rings. The van der Waals surface area contributed by atoms with Crippen molar-refractivity contribution in [2.75, 3.05) is 63.3 Å². The van der Waals surface area contributed by atoms with Crippen LogP contribution in [0.3, 0.4) is 0 Å². The van der Waals surface area contributed by atoms with Gasteiger partial charge in [-0.15, -0.1) is 0 Å². The highest BCUT2D eigenvalue weighted by molar-refractivity contribution is 7.98. The minimum absolute atomic E-state index is 0.281. The summed E-state index contributed by atoms with van der Waals surface area (Å²) < 4.78 is 0. The molecule has 3 amide bonds. The predicted molar refractivity (Wildman–Crippen MR) is 155 cm³/mol. The number of amides is 3. The predicted octanol–water partition coefficient (Wildman–Crippen LogP) is 3.67. The zero-order valence-electron chi connectivity index (χ0n) is 22.9. The van der Waals surface area contributed by atoms with Gasteiger partial charge in [-0.2, -0.15) is 23.5 Å². The highest BCUT2D eigenvalue weighted by Crippen LogP contribution is 2.10. The number of carbonyl (C=O) groups is 3. The summed E-state index contributed by atoms with van der Waals surface area (Å²) in [5.41, 5.74) is 0. The van der Waals surface area contributed by atoms with Gasteiger partial charge in [-0.3, -0.25) is 9.59 Å². The van der Waals surface area contributed by atoms with Crippen molar-refractivity contribution in [3.63, 3.8) is 0 Å². The van der Waals surface area contributed by atoms with Gasteiger partial charge in [-0.05, 0) is 76.0 Å². The van der Waals surface area contributed by atoms with Crippen molar-refractivity contribution >= 4 is 41.2 Å². The van der Waals surface area contributed by atoms with E-state index in [0.29, 0.717) is 19.5 Å². The smallest absolute Gasteiger partial charge is 0.315 e. The first-order valence-corrected chi connectivity index (χ1v) is 16.4. The van der Waals surface area contributed by atoms with Crippen LogP contribution in [0.2, 0.25) is 0 Å². The van der Waals surface area contributed by atoms with E-state index < -0.39 is 18.7 Å². The van der Waals surface area contributed by atoms with E-state index >= 15 is 0 Å². The van der Waals surface area contributed by atoms with Gasteiger partial charge in [0.1, 0.15) is 6.04 Å². The molecule has 36 heavy (non-hydrogen) atoms. The summed E-state index contributed by atoms with van der Waals surface area (Å²) in [7, 11) is 0. The van der Waals surface area contributed by atoms with Crippen LogP contribution in [0.1, 0.15) is 77.6 Å². The number of hydrogen-bond donors (Lipinski definition) is 4. The number of urea groups is 1. The summed E-state index contributed by atoms with van der Waals surface area (Å²) in [4.78, 5) is 37.9. The zero-order valence-corrected chi connectivity index (χ0v) is 24.6. The van der Waals surface area contributed by atoms with E-state index in [1.165, 1.54) is 57.0 Å². The van der Waals surface area contributed by atoms with Crippen LogP contribution in [0.4, 0.5) is 4.79 Å². The van der Waals surface area contributed by atoms with Gasteiger partial charge in [0.25, 0.3) is 0 Å². The number of aliphatic hydroxyl groups is 1. The Kier molecular flexibility index (Phi) is 25.0. The van der Waals surface area contributed by atoms with E-state index in [0.717, 1.165) is 45.3 Å². The Bertz CT molecular complexity index is 554. The van der Waals surface area contributed by atoms with Crippen molar-refractivity contribution < 1.29 is 19.5 Å². The number of hydrogen-bond acceptors (Lipinski definition) is 7. The molecule has 10 heteroatoms. The van der Waals surface area contributed by atoms with Gasteiger partial charge in [0.15, 0.2) is 5.78 Å². The number of nitrogens with zero attached hydrogens (tertiary/aromatic N) is 1. The maximum atomic E-state index is 12.8. The van der Waals surface area contributed by atoms with Gasteiger partial charge < -0.3 is 26.0 Å². The van der Waals surface area contributed by atoms with Crippen LogP contribution in [-0.2, 0) is 9.59 Å². The van der Waals surface area contributed by atoms with E-state index in [9.17, 15) is 14.4 Å². The number of Topliss-reactive ketones (excluding diaryl/α,β-unsaturated/α-hetero) is 1. The minimum atomic E-state index is -0.865. The molecular weight excluding hydrogens is 496 g/mol. The molecule has 0 aromatic carbocycles. The van der Waals surface area contributed by atoms with Gasteiger partial charge >= 0.3 is 6.03 Å². The molecule has 0 aromatic rings. The van der Waals surface area contributed by atoms with E-state index in [1.54, 1.807) is 0 Å². The number of ketones is 1. The fourth-order valence-electron chi connectivity index (χ4n) is 3.73. The maximum Gasteiger partial charge on any atom is 0.315 e. The third-order valence-electron chi connectivity index (χ3n) is 5.97. The molecule has 0 fully saturated rings. The molecule has 212 valence electrons. The standard InChI is InChI=1S/C26H52N4O4S2/c1-23(32)24(22-31)29-26(34)28-17-16-27-15-9-8-14-25(33)30(18-10-4-6-12-20-35-2)19-11-5-7-13-21-36-3/h24,27,31H,4-22H2,1-3H3,(H2,28,29,34)/t24-/m0/s1. The van der Waals surface area contributed by atoms with Crippen LogP contribution < -0.4 is 16.0 Å². The normalized spacial score (nSPS) is 11.8. The molecule has 0 rings (SSSR count). The molecule has 0 saturated heterocycles. The Labute approximate surface area is 228 Å². The second-order valence-corrected chi connectivity index (χ2v) is 11.1. The molecule has 8 nitrogen and oxygen atoms in total. The van der Waals surface area contributed by atoms with E-state index in [2.05, 4.69) is 33.4 Å². The van der Waals surface area contributed by atoms with Crippen LogP contribution in [0, 0.1) is 0 Å². The minimum Gasteiger partial charge on any atom is -0.394 e. The summed E-state index contributed by atoms with van der Waals surface area (Å²) in [5, 5.41) is 17.4. The third kappa shape index (κ3) is 21.1. The van der Waals surface area contributed by atoms with Crippen molar-refractivity contribution in [2.45, 2.75) is 83.6 Å². The third-order valence-corrected chi connectivity index (χ3v) is 7.36. The molecule has 4 N–H and O–H groups in total. The molecule has 0 aliphatic carbocycles. The lowest BCUT2D eigenvalue weighted by Crippen LogP contribution is -2.48. The van der Waals surface area contributed by atoms with E-state index in [-0.39, 0.29) is 11.7 Å². The Balaban J connectivity index is 4.06. The van der Waals surface area contributed by atoms with E-state index in [1.807, 2.05) is 23.5 Å². The first-order chi connectivity index (χ1) is 17.5. The van der Waals surface area contributed by atoms with Crippen molar-refractivity contribution in [3.05, 3.63) is 0 Å². The first-order valence-electron chi connectivity index (χ1n) is 13.6. The largest absolute Gasteiger partial charge is 0.394 e. The SMILES string of the molecule is CSCCCCCCN(CCCCCCSC)C(=O)CCCCNCCNC(=O)N[C@@H](CO)C(C)=O. The van der Waals surface area contributed by atoms with Crippen LogP contribution >= 0.6 is 23.5 Å². The zero-order chi connectivity index (χ0) is 26.9.